The third kappa shape index (κ3) is 4.28. The second kappa shape index (κ2) is 9.10. The molecule has 1 amide bonds. The third-order valence-corrected chi connectivity index (χ3v) is 5.36. The monoisotopic (exact) mass is 426 g/mol. The van der Waals surface area contributed by atoms with Gasteiger partial charge in [0.25, 0.3) is 0 Å². The van der Waals surface area contributed by atoms with Crippen molar-refractivity contribution in [3.05, 3.63) is 83.8 Å². The Morgan fingerprint density at radius 3 is 2.66 bits per heavy atom. The van der Waals surface area contributed by atoms with Crippen LogP contribution in [0.15, 0.2) is 71.5 Å². The maximum Gasteiger partial charge on any atom is 0.249 e. The number of carbonyl (C=O) groups is 1. The first-order chi connectivity index (χ1) is 15.5. The zero-order chi connectivity index (χ0) is 22.7. The van der Waals surface area contributed by atoms with Crippen LogP contribution in [0, 0.1) is 13.8 Å². The summed E-state index contributed by atoms with van der Waals surface area (Å²) in [5, 5.41) is 3.82. The van der Waals surface area contributed by atoms with Gasteiger partial charge in [-0.3, -0.25) is 4.79 Å². The first-order valence-corrected chi connectivity index (χ1v) is 10.6. The normalized spacial score (nSPS) is 11.6. The van der Waals surface area contributed by atoms with Gasteiger partial charge in [0.1, 0.15) is 17.2 Å². The van der Waals surface area contributed by atoms with Crippen molar-refractivity contribution < 1.29 is 13.9 Å². The molecule has 5 heteroatoms. The number of nitrogens with zero attached hydrogens (tertiary/aromatic N) is 1. The molecule has 0 radical (unpaired) electrons. The molecular formula is C27H26N2O3. The van der Waals surface area contributed by atoms with Gasteiger partial charge in [-0.05, 0) is 62.6 Å². The molecule has 4 aromatic rings. The number of allylic oxidation sites excluding steroid dienone is 1. The van der Waals surface area contributed by atoms with Gasteiger partial charge in [0, 0.05) is 34.3 Å². The van der Waals surface area contributed by atoms with Crippen LogP contribution in [0.1, 0.15) is 30.5 Å². The second-order valence-corrected chi connectivity index (χ2v) is 7.74. The molecule has 2 aromatic heterocycles. The fourth-order valence-electron chi connectivity index (χ4n) is 3.82. The summed E-state index contributed by atoms with van der Waals surface area (Å²) in [5.74, 6) is 1.01. The molecule has 0 aliphatic carbocycles. The van der Waals surface area contributed by atoms with Crippen LogP contribution in [-0.2, 0) is 4.79 Å². The lowest BCUT2D eigenvalue weighted by atomic mass is 9.96. The molecular weight excluding hydrogens is 400 g/mol. The summed E-state index contributed by atoms with van der Waals surface area (Å²) < 4.78 is 11.9. The molecule has 0 spiro atoms. The Balaban J connectivity index is 1.78. The minimum atomic E-state index is -0.240. The van der Waals surface area contributed by atoms with Crippen molar-refractivity contribution >= 4 is 28.3 Å². The number of rotatable bonds is 6. The number of amides is 1. The van der Waals surface area contributed by atoms with Gasteiger partial charge in [-0.2, -0.15) is 0 Å². The molecule has 0 aliphatic rings. The van der Waals surface area contributed by atoms with Gasteiger partial charge in [0.2, 0.25) is 5.91 Å². The number of fused-ring (bicyclic) bond motifs is 1. The number of carbonyl (C=O) groups excluding carboxylic acids is 1. The van der Waals surface area contributed by atoms with Crippen LogP contribution in [0.3, 0.4) is 0 Å². The van der Waals surface area contributed by atoms with Crippen molar-refractivity contribution in [2.75, 3.05) is 11.9 Å². The Hall–Kier alpha value is -3.86. The van der Waals surface area contributed by atoms with Crippen LogP contribution in [0.4, 0.5) is 5.82 Å². The Morgan fingerprint density at radius 1 is 1.16 bits per heavy atom. The van der Waals surface area contributed by atoms with E-state index >= 15 is 0 Å². The van der Waals surface area contributed by atoms with Gasteiger partial charge >= 0.3 is 0 Å². The summed E-state index contributed by atoms with van der Waals surface area (Å²) in [7, 11) is 0. The minimum Gasteiger partial charge on any atom is -0.493 e. The molecule has 0 atom stereocenters. The van der Waals surface area contributed by atoms with Gasteiger partial charge in [0.15, 0.2) is 0 Å². The Bertz CT molecular complexity index is 1300. The van der Waals surface area contributed by atoms with E-state index in [2.05, 4.69) is 22.4 Å². The van der Waals surface area contributed by atoms with E-state index in [9.17, 15) is 4.79 Å². The molecule has 5 nitrogen and oxygen atoms in total. The molecule has 1 N–H and O–H groups in total. The zero-order valence-electron chi connectivity index (χ0n) is 18.7. The van der Waals surface area contributed by atoms with E-state index in [0.29, 0.717) is 12.4 Å². The number of aryl methyl sites for hydroxylation is 2. The first-order valence-electron chi connectivity index (χ1n) is 10.6. The second-order valence-electron chi connectivity index (χ2n) is 7.74. The van der Waals surface area contributed by atoms with Crippen molar-refractivity contribution in [1.29, 1.82) is 0 Å². The Labute approximate surface area is 187 Å². The molecule has 0 saturated heterocycles. The lowest BCUT2D eigenvalue weighted by Crippen LogP contribution is -2.10. The lowest BCUT2D eigenvalue weighted by molar-refractivity contribution is -0.111. The van der Waals surface area contributed by atoms with E-state index < -0.39 is 0 Å². The molecule has 0 aliphatic heterocycles. The van der Waals surface area contributed by atoms with Crippen molar-refractivity contribution in [3.8, 4) is 16.9 Å². The first kappa shape index (κ1) is 21.4. The summed E-state index contributed by atoms with van der Waals surface area (Å²) in [4.78, 5) is 16.9. The van der Waals surface area contributed by atoms with Gasteiger partial charge in [-0.15, -0.1) is 0 Å². The van der Waals surface area contributed by atoms with Gasteiger partial charge in [-0.1, -0.05) is 30.3 Å². The van der Waals surface area contributed by atoms with Crippen molar-refractivity contribution in [1.82, 2.24) is 4.98 Å². The third-order valence-electron chi connectivity index (χ3n) is 5.36. The molecule has 4 rings (SSSR count). The SMILES string of the molecule is CCOc1c(/C(C)=C/C(=O)Nc2cc(C)ccn2)cc2c(-c3ccccc3)coc2c1C. The van der Waals surface area contributed by atoms with Crippen LogP contribution >= 0.6 is 0 Å². The summed E-state index contributed by atoms with van der Waals surface area (Å²) in [5.41, 5.74) is 6.47. The van der Waals surface area contributed by atoms with Crippen LogP contribution in [0.2, 0.25) is 0 Å². The molecule has 2 aromatic carbocycles. The van der Waals surface area contributed by atoms with E-state index in [4.69, 9.17) is 9.15 Å². The number of furan rings is 1. The van der Waals surface area contributed by atoms with Crippen molar-refractivity contribution in [2.24, 2.45) is 0 Å². The summed E-state index contributed by atoms with van der Waals surface area (Å²) in [6.45, 7) is 8.31. The average molecular weight is 427 g/mol. The summed E-state index contributed by atoms with van der Waals surface area (Å²) >= 11 is 0. The average Bonchev–Trinajstić information content (AvgIpc) is 3.20. The van der Waals surface area contributed by atoms with Crippen LogP contribution in [0.5, 0.6) is 5.75 Å². The fraction of sp³-hybridized carbons (Fsp3) is 0.185. The number of anilines is 1. The standard InChI is InChI=1S/C27H26N2O3/c1-5-31-26-19(4)27-22(23(16-32-27)20-9-7-6-8-10-20)15-21(26)18(3)14-25(30)29-24-13-17(2)11-12-28-24/h6-16H,5H2,1-4H3,(H,28,29,30)/b18-14+. The Kier molecular flexibility index (Phi) is 6.08. The quantitative estimate of drug-likeness (QED) is 0.355. The number of aromatic nitrogens is 1. The van der Waals surface area contributed by atoms with E-state index in [1.54, 1.807) is 18.5 Å². The number of hydrogen-bond acceptors (Lipinski definition) is 4. The number of benzene rings is 2. The summed E-state index contributed by atoms with van der Waals surface area (Å²) in [6, 6.07) is 15.9. The van der Waals surface area contributed by atoms with Crippen molar-refractivity contribution in [3.63, 3.8) is 0 Å². The molecule has 0 fully saturated rings. The van der Waals surface area contributed by atoms with Gasteiger partial charge < -0.3 is 14.5 Å². The van der Waals surface area contributed by atoms with Crippen molar-refractivity contribution in [2.45, 2.75) is 27.7 Å². The molecule has 162 valence electrons. The number of nitrogens with one attached hydrogen (secondary N) is 1. The lowest BCUT2D eigenvalue weighted by Gasteiger charge is -2.15. The smallest absolute Gasteiger partial charge is 0.249 e. The number of pyridine rings is 1. The van der Waals surface area contributed by atoms with Gasteiger partial charge in [0.05, 0.1) is 12.9 Å². The molecule has 32 heavy (non-hydrogen) atoms. The molecule has 0 saturated carbocycles. The van der Waals surface area contributed by atoms with Gasteiger partial charge in [-0.25, -0.2) is 4.98 Å². The number of hydrogen-bond donors (Lipinski definition) is 1. The Morgan fingerprint density at radius 2 is 1.94 bits per heavy atom. The minimum absolute atomic E-state index is 0.240. The maximum atomic E-state index is 12.7. The largest absolute Gasteiger partial charge is 0.493 e. The van der Waals surface area contributed by atoms with Crippen LogP contribution in [-0.4, -0.2) is 17.5 Å². The fourth-order valence-corrected chi connectivity index (χ4v) is 3.82. The maximum absolute atomic E-state index is 12.7. The molecule has 0 unspecified atom stereocenters. The molecule has 2 heterocycles. The highest BCUT2D eigenvalue weighted by Crippen LogP contribution is 2.40. The van der Waals surface area contributed by atoms with E-state index in [1.165, 1.54) is 0 Å². The highest BCUT2D eigenvalue weighted by atomic mass is 16.5. The highest BCUT2D eigenvalue weighted by Gasteiger charge is 2.19. The number of ether oxygens (including phenoxy) is 1. The van der Waals surface area contributed by atoms with Crippen LogP contribution in [0.25, 0.3) is 27.7 Å². The molecule has 0 bridgehead atoms. The predicted octanol–water partition coefficient (Wildman–Crippen LogP) is 6.55. The summed E-state index contributed by atoms with van der Waals surface area (Å²) in [6.07, 6.45) is 5.03. The predicted molar refractivity (Wildman–Crippen MR) is 129 cm³/mol. The zero-order valence-corrected chi connectivity index (χ0v) is 18.7. The highest BCUT2D eigenvalue weighted by molar-refractivity contribution is 6.05. The van der Waals surface area contributed by atoms with E-state index in [1.807, 2.05) is 64.1 Å². The van der Waals surface area contributed by atoms with E-state index in [-0.39, 0.29) is 5.91 Å². The topological polar surface area (TPSA) is 64.4 Å². The van der Waals surface area contributed by atoms with E-state index in [0.717, 1.165) is 50.1 Å². The van der Waals surface area contributed by atoms with Crippen LogP contribution < -0.4 is 10.1 Å².